The Morgan fingerprint density at radius 3 is 2.50 bits per heavy atom. The number of pyridine rings is 2. The van der Waals surface area contributed by atoms with Crippen molar-refractivity contribution in [3.05, 3.63) is 41.9 Å². The van der Waals surface area contributed by atoms with Gasteiger partial charge in [-0.05, 0) is 44.9 Å². The molecule has 2 fully saturated rings. The Hall–Kier alpha value is -4.67. The van der Waals surface area contributed by atoms with Crippen molar-refractivity contribution < 1.29 is 45.8 Å². The molecule has 0 spiro atoms. The van der Waals surface area contributed by atoms with E-state index in [4.69, 9.17) is 19.6 Å². The Balaban J connectivity index is 1.46. The molecule has 248 valence electrons. The van der Waals surface area contributed by atoms with Crippen LogP contribution < -0.4 is 21.3 Å². The number of carbonyl (C=O) groups is 3. The van der Waals surface area contributed by atoms with E-state index in [1.807, 2.05) is 4.90 Å². The van der Waals surface area contributed by atoms with Crippen LogP contribution in [0.4, 0.5) is 44.4 Å². The fourth-order valence-corrected chi connectivity index (χ4v) is 5.38. The van der Waals surface area contributed by atoms with Crippen molar-refractivity contribution in [2.75, 3.05) is 41.7 Å². The predicted molar refractivity (Wildman–Crippen MR) is 157 cm³/mol. The molecule has 4 N–H and O–H groups in total. The topological polar surface area (TPSA) is 165 Å². The van der Waals surface area contributed by atoms with Gasteiger partial charge < -0.3 is 29.8 Å². The summed E-state index contributed by atoms with van der Waals surface area (Å²) in [6.45, 7) is 5.27. The van der Waals surface area contributed by atoms with Crippen molar-refractivity contribution in [2.45, 2.75) is 57.8 Å². The van der Waals surface area contributed by atoms with Gasteiger partial charge >= 0.3 is 18.4 Å². The molecule has 0 saturated carbocycles. The zero-order valence-corrected chi connectivity index (χ0v) is 25.2. The third-order valence-electron chi connectivity index (χ3n) is 7.29. The highest BCUT2D eigenvalue weighted by Crippen LogP contribution is 2.38. The molecule has 2 unspecified atom stereocenters. The number of rotatable bonds is 7. The summed E-state index contributed by atoms with van der Waals surface area (Å²) in [6, 6.07) is 3.02. The Morgan fingerprint density at radius 1 is 1.11 bits per heavy atom. The molecule has 13 nitrogen and oxygen atoms in total. The van der Waals surface area contributed by atoms with E-state index in [9.17, 15) is 31.9 Å². The van der Waals surface area contributed by atoms with Gasteiger partial charge in [-0.2, -0.15) is 13.2 Å². The lowest BCUT2D eigenvalue weighted by Crippen LogP contribution is -2.49. The smallest absolute Gasteiger partial charge is 0.414 e. The maximum absolute atomic E-state index is 13.8. The van der Waals surface area contributed by atoms with E-state index in [2.05, 4.69) is 20.6 Å². The minimum Gasteiger partial charge on any atom is -0.444 e. The fraction of sp³-hybridized carbons (Fsp3) is 0.483. The SMILES string of the molecule is CC(C)(C)OC(=O)Nc1oc2cc(CN3CC(F)C3)cnc2c1C(=O)Nc1cnccc1N1CC(OC(N)=O)CC(C(F)(F)F)C1. The van der Waals surface area contributed by atoms with Crippen molar-refractivity contribution in [3.8, 4) is 0 Å². The second-order valence-electron chi connectivity index (χ2n) is 12.2. The molecule has 5 rings (SSSR count). The lowest BCUT2D eigenvalue weighted by atomic mass is 9.94. The summed E-state index contributed by atoms with van der Waals surface area (Å²) in [5.74, 6) is -2.96. The van der Waals surface area contributed by atoms with E-state index in [-0.39, 0.29) is 53.6 Å². The Kier molecular flexibility index (Phi) is 8.97. The molecule has 0 bridgehead atoms. The molecule has 3 aromatic heterocycles. The summed E-state index contributed by atoms with van der Waals surface area (Å²) >= 11 is 0. The molecule has 2 aliphatic heterocycles. The molecule has 46 heavy (non-hydrogen) atoms. The van der Waals surface area contributed by atoms with Gasteiger partial charge in [0.25, 0.3) is 5.91 Å². The van der Waals surface area contributed by atoms with Crippen LogP contribution in [0.25, 0.3) is 11.1 Å². The Bertz CT molecular complexity index is 1620. The summed E-state index contributed by atoms with van der Waals surface area (Å²) in [7, 11) is 0. The van der Waals surface area contributed by atoms with E-state index < -0.39 is 61.0 Å². The van der Waals surface area contributed by atoms with E-state index in [0.717, 1.165) is 0 Å². The van der Waals surface area contributed by atoms with Crippen molar-refractivity contribution in [2.24, 2.45) is 11.7 Å². The van der Waals surface area contributed by atoms with Crippen LogP contribution in [0.15, 0.2) is 35.1 Å². The molecule has 0 radical (unpaired) electrons. The monoisotopic (exact) mass is 651 g/mol. The van der Waals surface area contributed by atoms with Crippen molar-refractivity contribution in [3.63, 3.8) is 0 Å². The summed E-state index contributed by atoms with van der Waals surface area (Å²) in [6.07, 6.45) is -5.18. The van der Waals surface area contributed by atoms with Crippen LogP contribution >= 0.6 is 0 Å². The minimum atomic E-state index is -4.60. The number of aromatic nitrogens is 2. The average molecular weight is 652 g/mol. The van der Waals surface area contributed by atoms with Gasteiger partial charge in [-0.25, -0.2) is 14.0 Å². The van der Waals surface area contributed by atoms with Gasteiger partial charge in [-0.15, -0.1) is 0 Å². The zero-order chi connectivity index (χ0) is 33.4. The van der Waals surface area contributed by atoms with Crippen LogP contribution in [0.1, 0.15) is 43.1 Å². The van der Waals surface area contributed by atoms with E-state index >= 15 is 0 Å². The van der Waals surface area contributed by atoms with Gasteiger partial charge in [0.05, 0.1) is 30.0 Å². The quantitative estimate of drug-likeness (QED) is 0.302. The minimum absolute atomic E-state index is 0.0286. The van der Waals surface area contributed by atoms with Crippen LogP contribution in [-0.2, 0) is 16.0 Å². The number of nitrogens with two attached hydrogens (primary N) is 1. The average Bonchev–Trinajstić information content (AvgIpc) is 3.27. The summed E-state index contributed by atoms with van der Waals surface area (Å²) in [5, 5.41) is 5.08. The number of nitrogens with zero attached hydrogens (tertiary/aromatic N) is 4. The Morgan fingerprint density at radius 2 is 1.85 bits per heavy atom. The number of halogens is 4. The van der Waals surface area contributed by atoms with Gasteiger partial charge in [-0.3, -0.25) is 25.0 Å². The number of fused-ring (bicyclic) bond motifs is 1. The number of primary amides is 1. The molecule has 2 saturated heterocycles. The van der Waals surface area contributed by atoms with Crippen molar-refractivity contribution in [1.29, 1.82) is 0 Å². The number of nitrogens with one attached hydrogen (secondary N) is 2. The molecular formula is C29H33F4N7O6. The second kappa shape index (κ2) is 12.6. The van der Waals surface area contributed by atoms with Crippen LogP contribution in [0.5, 0.6) is 0 Å². The number of likely N-dealkylation sites (tertiary alicyclic amines) is 1. The number of amides is 3. The Labute approximate surface area is 260 Å². The first-order valence-corrected chi connectivity index (χ1v) is 14.4. The highest BCUT2D eigenvalue weighted by Gasteiger charge is 2.46. The van der Waals surface area contributed by atoms with Crippen LogP contribution in [0, 0.1) is 5.92 Å². The number of ether oxygens (including phenoxy) is 2. The first kappa shape index (κ1) is 32.7. The van der Waals surface area contributed by atoms with Crippen LogP contribution in [0.3, 0.4) is 0 Å². The summed E-state index contributed by atoms with van der Waals surface area (Å²) in [5.41, 5.74) is 5.13. The largest absolute Gasteiger partial charge is 0.444 e. The van der Waals surface area contributed by atoms with Crippen LogP contribution in [-0.4, -0.2) is 83.2 Å². The number of hydrogen-bond acceptors (Lipinski definition) is 10. The maximum atomic E-state index is 13.8. The molecule has 0 aliphatic carbocycles. The maximum Gasteiger partial charge on any atom is 0.414 e. The second-order valence-corrected chi connectivity index (χ2v) is 12.2. The number of piperidine rings is 1. The molecule has 0 aromatic carbocycles. The third-order valence-corrected chi connectivity index (χ3v) is 7.29. The molecule has 3 amide bonds. The number of carbonyl (C=O) groups excluding carboxylic acids is 3. The van der Waals surface area contributed by atoms with E-state index in [0.29, 0.717) is 12.1 Å². The fourth-order valence-electron chi connectivity index (χ4n) is 5.38. The highest BCUT2D eigenvalue weighted by molar-refractivity contribution is 6.16. The third kappa shape index (κ3) is 7.75. The van der Waals surface area contributed by atoms with Gasteiger partial charge in [0.1, 0.15) is 29.0 Å². The van der Waals surface area contributed by atoms with Gasteiger partial charge in [-0.1, -0.05) is 0 Å². The molecule has 2 aliphatic rings. The molecule has 5 heterocycles. The van der Waals surface area contributed by atoms with E-state index in [1.54, 1.807) is 26.8 Å². The number of anilines is 3. The first-order chi connectivity index (χ1) is 21.6. The van der Waals surface area contributed by atoms with Gasteiger partial charge in [0.2, 0.25) is 5.88 Å². The molecule has 17 heteroatoms. The normalized spacial score (nSPS) is 19.4. The van der Waals surface area contributed by atoms with E-state index in [1.165, 1.54) is 29.6 Å². The number of furan rings is 1. The zero-order valence-electron chi connectivity index (χ0n) is 25.2. The molecule has 3 aromatic rings. The lowest BCUT2D eigenvalue weighted by molar-refractivity contribution is -0.182. The van der Waals surface area contributed by atoms with Crippen LogP contribution in [0.2, 0.25) is 0 Å². The van der Waals surface area contributed by atoms with Gasteiger partial charge in [0, 0.05) is 38.6 Å². The summed E-state index contributed by atoms with van der Waals surface area (Å²) in [4.78, 5) is 49.4. The van der Waals surface area contributed by atoms with Crippen molar-refractivity contribution in [1.82, 2.24) is 14.9 Å². The lowest BCUT2D eigenvalue weighted by Gasteiger charge is -2.39. The summed E-state index contributed by atoms with van der Waals surface area (Å²) < 4.78 is 70.9. The van der Waals surface area contributed by atoms with Crippen molar-refractivity contribution >= 4 is 46.5 Å². The standard InChI is InChI=1S/C29H33F4N7O6/c1-28(2,3)46-27(43)38-25-22(23-21(45-25)6-15(8-36-23)10-39-12-17(30)13-39)24(41)37-19-9-35-5-4-20(19)40-11-16(29(31,32)33)7-18(14-40)44-26(34)42/h4-6,8-9,16-18H,7,10-14H2,1-3H3,(H2,34,42)(H,37,41)(H,38,43). The van der Waals surface area contributed by atoms with Gasteiger partial charge in [0.15, 0.2) is 5.58 Å². The number of alkyl halides is 4. The highest BCUT2D eigenvalue weighted by atomic mass is 19.4. The predicted octanol–water partition coefficient (Wildman–Crippen LogP) is 4.83. The molecule has 2 atom stereocenters. The molecular weight excluding hydrogens is 618 g/mol. The first-order valence-electron chi connectivity index (χ1n) is 14.4. The number of hydrogen-bond donors (Lipinski definition) is 3.